The number of hydrogen-bond donors (Lipinski definition) is 4. The molecule has 0 fully saturated rings. The second-order valence-electron chi connectivity index (χ2n) is 3.79. The highest BCUT2D eigenvalue weighted by Gasteiger charge is 2.06. The van der Waals surface area contributed by atoms with Crippen LogP contribution in [0.1, 0.15) is 34.1 Å². The minimum absolute atomic E-state index is 0.0186. The molecule has 6 heteroatoms. The molecule has 4 N–H and O–H groups in total. The Morgan fingerprint density at radius 1 is 1.20 bits per heavy atom. The molecule has 20 heavy (non-hydrogen) atoms. The largest absolute Gasteiger partial charge is 0.478 e. The number of carboxylic acids is 2. The van der Waals surface area contributed by atoms with Crippen LogP contribution in [0.2, 0.25) is 0 Å². The summed E-state index contributed by atoms with van der Waals surface area (Å²) in [6.45, 7) is 7.54. The molecule has 0 bridgehead atoms. The lowest BCUT2D eigenvalue weighted by Crippen LogP contribution is -2.32. The Bertz CT molecular complexity index is 417. The van der Waals surface area contributed by atoms with Crippen LogP contribution in [-0.4, -0.2) is 35.2 Å². The van der Waals surface area contributed by atoms with Gasteiger partial charge >= 0.3 is 11.9 Å². The number of nitrogens with one attached hydrogen (secondary N) is 2. The van der Waals surface area contributed by atoms with Crippen molar-refractivity contribution < 1.29 is 19.8 Å². The number of aromatic carboxylic acids is 2. The Balaban J connectivity index is 0.000000396. The lowest BCUT2D eigenvalue weighted by Gasteiger charge is -1.99. The topological polar surface area (TPSA) is 98.7 Å². The van der Waals surface area contributed by atoms with Gasteiger partial charge in [0.25, 0.3) is 0 Å². The molecule has 1 aromatic rings. The van der Waals surface area contributed by atoms with E-state index < -0.39 is 11.9 Å². The van der Waals surface area contributed by atoms with E-state index in [9.17, 15) is 9.59 Å². The van der Waals surface area contributed by atoms with Gasteiger partial charge in [0.05, 0.1) is 11.1 Å². The summed E-state index contributed by atoms with van der Waals surface area (Å²) in [6.07, 6.45) is 2.98. The fourth-order valence-electron chi connectivity index (χ4n) is 1.14. The molecule has 6 nitrogen and oxygen atoms in total. The first kappa shape index (κ1) is 17.8. The van der Waals surface area contributed by atoms with Gasteiger partial charge in [-0.05, 0) is 24.6 Å². The molecule has 1 aromatic carbocycles. The summed E-state index contributed by atoms with van der Waals surface area (Å²) in [4.78, 5) is 20.8. The predicted molar refractivity (Wildman–Crippen MR) is 76.9 cm³/mol. The van der Waals surface area contributed by atoms with Gasteiger partial charge in [0.2, 0.25) is 0 Å². The van der Waals surface area contributed by atoms with E-state index in [0.29, 0.717) is 0 Å². The van der Waals surface area contributed by atoms with Gasteiger partial charge in [-0.15, -0.1) is 6.58 Å². The average Bonchev–Trinajstić information content (AvgIpc) is 2.44. The third-order valence-electron chi connectivity index (χ3n) is 2.10. The molecular weight excluding hydrogens is 260 g/mol. The average molecular weight is 280 g/mol. The summed E-state index contributed by atoms with van der Waals surface area (Å²) >= 11 is 0. The van der Waals surface area contributed by atoms with E-state index in [1.54, 1.807) is 0 Å². The van der Waals surface area contributed by atoms with Crippen molar-refractivity contribution in [2.45, 2.75) is 13.3 Å². The Morgan fingerprint density at radius 2 is 1.75 bits per heavy atom. The third kappa shape index (κ3) is 8.02. The highest BCUT2D eigenvalue weighted by atomic mass is 16.4. The van der Waals surface area contributed by atoms with E-state index in [-0.39, 0.29) is 11.1 Å². The molecule has 0 saturated heterocycles. The fourth-order valence-corrected chi connectivity index (χ4v) is 1.14. The molecule has 110 valence electrons. The summed E-state index contributed by atoms with van der Waals surface area (Å²) in [7, 11) is 0. The molecule has 0 aliphatic heterocycles. The van der Waals surface area contributed by atoms with E-state index in [2.05, 4.69) is 24.4 Å². The molecule has 0 saturated carbocycles. The molecule has 0 heterocycles. The smallest absolute Gasteiger partial charge is 0.335 e. The van der Waals surface area contributed by atoms with Crippen molar-refractivity contribution in [3.8, 4) is 0 Å². The molecule has 0 aromatic heterocycles. The molecule has 0 aliphatic rings. The van der Waals surface area contributed by atoms with Crippen LogP contribution in [0.4, 0.5) is 0 Å². The van der Waals surface area contributed by atoms with Crippen LogP contribution < -0.4 is 10.9 Å². The molecular formula is C14H20N2O4. The van der Waals surface area contributed by atoms with Gasteiger partial charge in [-0.2, -0.15) is 0 Å². The van der Waals surface area contributed by atoms with Gasteiger partial charge in [0, 0.05) is 13.1 Å². The Morgan fingerprint density at radius 3 is 2.15 bits per heavy atom. The van der Waals surface area contributed by atoms with E-state index in [1.165, 1.54) is 18.2 Å². The highest BCUT2D eigenvalue weighted by molar-refractivity contribution is 5.93. The normalized spacial score (nSPS) is 9.25. The molecule has 1 rings (SSSR count). The second kappa shape index (κ2) is 10.7. The lowest BCUT2D eigenvalue weighted by molar-refractivity contribution is 0.0696. The number of rotatable bonds is 7. The first-order valence-electron chi connectivity index (χ1n) is 6.16. The van der Waals surface area contributed by atoms with Crippen LogP contribution in [0.3, 0.4) is 0 Å². The van der Waals surface area contributed by atoms with Gasteiger partial charge in [-0.25, -0.2) is 9.59 Å². The van der Waals surface area contributed by atoms with Gasteiger partial charge < -0.3 is 10.2 Å². The minimum atomic E-state index is -1.13. The summed E-state index contributed by atoms with van der Waals surface area (Å²) in [5, 5.41) is 17.0. The summed E-state index contributed by atoms with van der Waals surface area (Å²) < 4.78 is 0. The summed E-state index contributed by atoms with van der Waals surface area (Å²) in [5.74, 6) is -2.25. The predicted octanol–water partition coefficient (Wildman–Crippen LogP) is 1.76. The Hall–Kier alpha value is -2.18. The standard InChI is InChI=1S/C8H6O4.C6H14N2/c9-7(10)5-2-1-3-6(4-5)8(11)12;1-3-5-7-8-6-4-2/h1-4H,(H,9,10)(H,11,12);3,7-8H,1,4-6H2,2H3. The maximum absolute atomic E-state index is 10.4. The van der Waals surface area contributed by atoms with Crippen LogP contribution in [0.15, 0.2) is 36.9 Å². The molecule has 0 radical (unpaired) electrons. The SMILES string of the molecule is C=CCNNCCC.O=C(O)c1cccc(C(=O)O)c1. The van der Waals surface area contributed by atoms with Gasteiger partial charge in [0.1, 0.15) is 0 Å². The first-order valence-corrected chi connectivity index (χ1v) is 6.16. The van der Waals surface area contributed by atoms with Crippen LogP contribution >= 0.6 is 0 Å². The Kier molecular flexibility index (Phi) is 9.55. The fraction of sp³-hybridized carbons (Fsp3) is 0.286. The van der Waals surface area contributed by atoms with E-state index in [4.69, 9.17) is 10.2 Å². The van der Waals surface area contributed by atoms with E-state index in [0.717, 1.165) is 25.6 Å². The third-order valence-corrected chi connectivity index (χ3v) is 2.10. The number of carboxylic acid groups (broad SMARTS) is 2. The number of benzene rings is 1. The molecule has 0 amide bonds. The van der Waals surface area contributed by atoms with Gasteiger partial charge in [-0.1, -0.05) is 19.1 Å². The molecule has 0 unspecified atom stereocenters. The van der Waals surface area contributed by atoms with Crippen molar-refractivity contribution in [2.24, 2.45) is 0 Å². The summed E-state index contributed by atoms with van der Waals surface area (Å²) in [5.41, 5.74) is 5.95. The van der Waals surface area contributed by atoms with E-state index >= 15 is 0 Å². The molecule has 0 atom stereocenters. The van der Waals surface area contributed by atoms with Crippen molar-refractivity contribution >= 4 is 11.9 Å². The number of carbonyl (C=O) groups is 2. The first-order chi connectivity index (χ1) is 9.52. The van der Waals surface area contributed by atoms with Gasteiger partial charge in [0.15, 0.2) is 0 Å². The van der Waals surface area contributed by atoms with Crippen molar-refractivity contribution in [2.75, 3.05) is 13.1 Å². The van der Waals surface area contributed by atoms with Crippen molar-refractivity contribution in [1.29, 1.82) is 0 Å². The zero-order valence-corrected chi connectivity index (χ0v) is 11.4. The highest BCUT2D eigenvalue weighted by Crippen LogP contribution is 2.04. The van der Waals surface area contributed by atoms with Crippen LogP contribution in [0.25, 0.3) is 0 Å². The zero-order valence-electron chi connectivity index (χ0n) is 11.4. The lowest BCUT2D eigenvalue weighted by atomic mass is 10.1. The van der Waals surface area contributed by atoms with Crippen LogP contribution in [0.5, 0.6) is 0 Å². The van der Waals surface area contributed by atoms with Crippen LogP contribution in [0, 0.1) is 0 Å². The Labute approximate surface area is 118 Å². The second-order valence-corrected chi connectivity index (χ2v) is 3.79. The number of hydrogen-bond acceptors (Lipinski definition) is 4. The number of hydrazine groups is 1. The van der Waals surface area contributed by atoms with Crippen molar-refractivity contribution in [3.63, 3.8) is 0 Å². The maximum Gasteiger partial charge on any atom is 0.335 e. The summed E-state index contributed by atoms with van der Waals surface area (Å²) in [6, 6.07) is 5.20. The van der Waals surface area contributed by atoms with Crippen molar-refractivity contribution in [1.82, 2.24) is 10.9 Å². The molecule has 0 aliphatic carbocycles. The minimum Gasteiger partial charge on any atom is -0.478 e. The van der Waals surface area contributed by atoms with Crippen LogP contribution in [-0.2, 0) is 0 Å². The quantitative estimate of drug-likeness (QED) is 0.345. The van der Waals surface area contributed by atoms with Gasteiger partial charge in [-0.3, -0.25) is 10.9 Å². The maximum atomic E-state index is 10.4. The monoisotopic (exact) mass is 280 g/mol. The van der Waals surface area contributed by atoms with Crippen molar-refractivity contribution in [3.05, 3.63) is 48.0 Å². The van der Waals surface area contributed by atoms with E-state index in [1.807, 2.05) is 6.08 Å². The molecule has 0 spiro atoms. The zero-order chi connectivity index (χ0) is 15.4.